The van der Waals surface area contributed by atoms with Crippen LogP contribution in [0.4, 0.5) is 5.69 Å². The van der Waals surface area contributed by atoms with Gasteiger partial charge in [0.1, 0.15) is 5.57 Å². The predicted molar refractivity (Wildman–Crippen MR) is 119 cm³/mol. The highest BCUT2D eigenvalue weighted by Gasteiger charge is 2.34. The van der Waals surface area contributed by atoms with E-state index in [0.717, 1.165) is 4.90 Å². The largest absolute Gasteiger partial charge is 0.491 e. The molecule has 2 amide bonds. The minimum absolute atomic E-state index is 0.0512. The average molecular weight is 461 g/mol. The number of anilines is 1. The molecule has 1 heterocycles. The lowest BCUT2D eigenvalue weighted by Crippen LogP contribution is -2.54. The average Bonchev–Trinajstić information content (AvgIpc) is 2.71. The first-order chi connectivity index (χ1) is 14.8. The fourth-order valence-corrected chi connectivity index (χ4v) is 3.52. The zero-order valence-corrected chi connectivity index (χ0v) is 18.0. The first-order valence-corrected chi connectivity index (χ1v) is 9.80. The monoisotopic (exact) mass is 460 g/mol. The van der Waals surface area contributed by atoms with Crippen molar-refractivity contribution in [1.82, 2.24) is 5.32 Å². The molecular formula is C21H17ClN2O6S. The lowest BCUT2D eigenvalue weighted by molar-refractivity contribution is -0.122. The number of methoxy groups -OCH3 is 1. The second-order valence-electron chi connectivity index (χ2n) is 6.28. The number of halogens is 1. The normalized spacial score (nSPS) is 15.1. The number of rotatable bonds is 6. The lowest BCUT2D eigenvalue weighted by atomic mass is 10.1. The van der Waals surface area contributed by atoms with Gasteiger partial charge in [0.15, 0.2) is 16.6 Å². The van der Waals surface area contributed by atoms with Crippen LogP contribution in [0.15, 0.2) is 42.0 Å². The van der Waals surface area contributed by atoms with Gasteiger partial charge in [0.25, 0.3) is 11.8 Å². The van der Waals surface area contributed by atoms with Crippen molar-refractivity contribution in [3.8, 4) is 11.5 Å². The van der Waals surface area contributed by atoms with Gasteiger partial charge in [0.2, 0.25) is 0 Å². The summed E-state index contributed by atoms with van der Waals surface area (Å²) in [5, 5.41) is 11.7. The molecule has 1 saturated heterocycles. The smallest absolute Gasteiger partial charge is 0.335 e. The predicted octanol–water partition coefficient (Wildman–Crippen LogP) is 3.28. The number of carbonyl (C=O) groups excluding carboxylic acids is 2. The fourth-order valence-electron chi connectivity index (χ4n) is 2.94. The lowest BCUT2D eigenvalue weighted by Gasteiger charge is -2.29. The van der Waals surface area contributed by atoms with Gasteiger partial charge in [0.05, 0.1) is 30.0 Å². The van der Waals surface area contributed by atoms with E-state index in [4.69, 9.17) is 38.4 Å². The van der Waals surface area contributed by atoms with Gasteiger partial charge in [-0.05, 0) is 67.2 Å². The highest BCUT2D eigenvalue weighted by atomic mass is 35.5. The van der Waals surface area contributed by atoms with E-state index in [0.29, 0.717) is 29.4 Å². The zero-order chi connectivity index (χ0) is 22.7. The van der Waals surface area contributed by atoms with Crippen LogP contribution in [0.3, 0.4) is 0 Å². The third-order valence-electron chi connectivity index (χ3n) is 4.32. The minimum Gasteiger partial charge on any atom is -0.491 e. The third kappa shape index (κ3) is 4.52. The van der Waals surface area contributed by atoms with Gasteiger partial charge in [-0.25, -0.2) is 4.79 Å². The summed E-state index contributed by atoms with van der Waals surface area (Å²) in [6.07, 6.45) is 1.37. The number of ether oxygens (including phenoxy) is 2. The molecule has 0 radical (unpaired) electrons. The van der Waals surface area contributed by atoms with Gasteiger partial charge in [-0.3, -0.25) is 19.8 Å². The molecule has 0 unspecified atom stereocenters. The highest BCUT2D eigenvalue weighted by molar-refractivity contribution is 7.80. The number of hydrogen-bond donors (Lipinski definition) is 2. The highest BCUT2D eigenvalue weighted by Crippen LogP contribution is 2.37. The molecule has 3 rings (SSSR count). The molecule has 31 heavy (non-hydrogen) atoms. The number of benzene rings is 2. The van der Waals surface area contributed by atoms with Crippen LogP contribution in [0.5, 0.6) is 11.5 Å². The van der Waals surface area contributed by atoms with Crippen molar-refractivity contribution in [1.29, 1.82) is 0 Å². The fraction of sp³-hybridized carbons (Fsp3) is 0.143. The third-order valence-corrected chi connectivity index (χ3v) is 4.89. The first-order valence-electron chi connectivity index (χ1n) is 9.02. The van der Waals surface area contributed by atoms with E-state index in [9.17, 15) is 14.4 Å². The van der Waals surface area contributed by atoms with Crippen LogP contribution in [0.25, 0.3) is 6.08 Å². The maximum atomic E-state index is 13.1. The van der Waals surface area contributed by atoms with Crippen LogP contribution in [0.2, 0.25) is 5.02 Å². The topological polar surface area (TPSA) is 105 Å². The number of nitrogens with one attached hydrogen (secondary N) is 1. The SMILES string of the molecule is CCOc1cc(/C=C2\C(=O)NC(=S)N(c3ccc(C(=O)O)cc3)C2=O)cc(Cl)c1OC. The number of amides is 2. The van der Waals surface area contributed by atoms with Gasteiger partial charge in [0, 0.05) is 0 Å². The minimum atomic E-state index is -1.10. The van der Waals surface area contributed by atoms with Crippen molar-refractivity contribution >= 4 is 58.5 Å². The number of carbonyl (C=O) groups is 3. The summed E-state index contributed by atoms with van der Waals surface area (Å²) in [4.78, 5) is 37.7. The Balaban J connectivity index is 2.02. The van der Waals surface area contributed by atoms with E-state index in [-0.39, 0.29) is 21.3 Å². The van der Waals surface area contributed by atoms with Crippen molar-refractivity contribution in [2.45, 2.75) is 6.92 Å². The summed E-state index contributed by atoms with van der Waals surface area (Å²) in [6.45, 7) is 2.16. The molecule has 0 aromatic heterocycles. The van der Waals surface area contributed by atoms with E-state index in [1.54, 1.807) is 13.0 Å². The molecule has 2 aromatic rings. The molecule has 8 nitrogen and oxygen atoms in total. The van der Waals surface area contributed by atoms with Crippen LogP contribution < -0.4 is 19.7 Å². The molecule has 0 aliphatic carbocycles. The van der Waals surface area contributed by atoms with Gasteiger partial charge in [-0.15, -0.1) is 0 Å². The maximum absolute atomic E-state index is 13.1. The second kappa shape index (κ2) is 9.15. The van der Waals surface area contributed by atoms with Gasteiger partial charge in [-0.2, -0.15) is 0 Å². The van der Waals surface area contributed by atoms with Crippen LogP contribution >= 0.6 is 23.8 Å². The Kier molecular flexibility index (Phi) is 6.57. The summed E-state index contributed by atoms with van der Waals surface area (Å²) >= 11 is 11.4. The number of thiocarbonyl (C=S) groups is 1. The molecule has 0 atom stereocenters. The molecular weight excluding hydrogens is 444 g/mol. The van der Waals surface area contributed by atoms with Gasteiger partial charge >= 0.3 is 5.97 Å². The van der Waals surface area contributed by atoms with Gasteiger partial charge in [-0.1, -0.05) is 11.6 Å². The molecule has 10 heteroatoms. The quantitative estimate of drug-likeness (QED) is 0.387. The standard InChI is InChI=1S/C21H17ClN2O6S/c1-3-30-16-10-11(9-15(22)17(16)29-2)8-14-18(25)23-21(31)24(19(14)26)13-6-4-12(5-7-13)20(27)28/h4-10H,3H2,1-2H3,(H,27,28)(H,23,25,31)/b14-8+. The summed E-state index contributed by atoms with van der Waals surface area (Å²) in [5.41, 5.74) is 0.630. The first kappa shape index (κ1) is 22.3. The van der Waals surface area contributed by atoms with E-state index in [2.05, 4.69) is 5.32 Å². The number of nitrogens with zero attached hydrogens (tertiary/aromatic N) is 1. The molecule has 0 bridgehead atoms. The van der Waals surface area contributed by atoms with Crippen molar-refractivity contribution in [2.75, 3.05) is 18.6 Å². The van der Waals surface area contributed by atoms with E-state index >= 15 is 0 Å². The van der Waals surface area contributed by atoms with Crippen LogP contribution in [-0.4, -0.2) is 41.7 Å². The van der Waals surface area contributed by atoms with Crippen LogP contribution in [-0.2, 0) is 9.59 Å². The summed E-state index contributed by atoms with van der Waals surface area (Å²) in [5.74, 6) is -1.73. The van der Waals surface area contributed by atoms with E-state index < -0.39 is 17.8 Å². The van der Waals surface area contributed by atoms with Gasteiger partial charge < -0.3 is 14.6 Å². The molecule has 1 aliphatic heterocycles. The summed E-state index contributed by atoms with van der Waals surface area (Å²) in [7, 11) is 1.45. The Bertz CT molecular complexity index is 1110. The molecule has 0 saturated carbocycles. The van der Waals surface area contributed by atoms with Crippen molar-refractivity contribution in [3.05, 3.63) is 58.1 Å². The zero-order valence-electron chi connectivity index (χ0n) is 16.5. The molecule has 2 aromatic carbocycles. The van der Waals surface area contributed by atoms with Crippen molar-refractivity contribution in [3.63, 3.8) is 0 Å². The second-order valence-corrected chi connectivity index (χ2v) is 7.07. The molecule has 2 N–H and O–H groups in total. The number of carboxylic acid groups (broad SMARTS) is 1. The Hall–Kier alpha value is -3.43. The van der Waals surface area contributed by atoms with Crippen LogP contribution in [0.1, 0.15) is 22.8 Å². The van der Waals surface area contributed by atoms with Crippen LogP contribution in [0, 0.1) is 0 Å². The Labute approximate surface area is 188 Å². The number of aromatic carboxylic acids is 1. The van der Waals surface area contributed by atoms with Crippen molar-refractivity contribution < 1.29 is 29.0 Å². The van der Waals surface area contributed by atoms with E-state index in [1.165, 1.54) is 43.5 Å². The Morgan fingerprint density at radius 3 is 2.52 bits per heavy atom. The Morgan fingerprint density at radius 2 is 1.94 bits per heavy atom. The van der Waals surface area contributed by atoms with E-state index in [1.807, 2.05) is 0 Å². The maximum Gasteiger partial charge on any atom is 0.335 e. The molecule has 0 spiro atoms. The Morgan fingerprint density at radius 1 is 1.26 bits per heavy atom. The number of hydrogen-bond acceptors (Lipinski definition) is 6. The molecule has 160 valence electrons. The molecule has 1 aliphatic rings. The van der Waals surface area contributed by atoms with Crippen molar-refractivity contribution in [2.24, 2.45) is 0 Å². The number of carboxylic acids is 1. The summed E-state index contributed by atoms with van der Waals surface area (Å²) < 4.78 is 10.8. The summed E-state index contributed by atoms with van der Waals surface area (Å²) in [6, 6.07) is 8.67. The molecule has 1 fully saturated rings.